The largest absolute Gasteiger partial charge is 0.391 e. The third-order valence-electron chi connectivity index (χ3n) is 4.17. The summed E-state index contributed by atoms with van der Waals surface area (Å²) in [5.41, 5.74) is 2.67. The van der Waals surface area contributed by atoms with E-state index in [0.29, 0.717) is 12.5 Å². The number of aliphatic hydroxyl groups excluding tert-OH is 1. The summed E-state index contributed by atoms with van der Waals surface area (Å²) in [6, 6.07) is 7.85. The number of aliphatic hydroxyl groups is 1. The fourth-order valence-corrected chi connectivity index (χ4v) is 2.97. The SMILES string of the molecule is Cc1nc2ccccc2nc1NCC(O)C1CCCC1. The van der Waals surface area contributed by atoms with Gasteiger partial charge in [-0.25, -0.2) is 9.97 Å². The Labute approximate surface area is 119 Å². The summed E-state index contributed by atoms with van der Waals surface area (Å²) in [7, 11) is 0. The minimum atomic E-state index is -0.287. The average molecular weight is 271 g/mol. The number of rotatable bonds is 4. The number of hydrogen-bond acceptors (Lipinski definition) is 4. The van der Waals surface area contributed by atoms with E-state index in [4.69, 9.17) is 0 Å². The molecule has 20 heavy (non-hydrogen) atoms. The molecule has 1 saturated carbocycles. The van der Waals surface area contributed by atoms with Gasteiger partial charge in [-0.15, -0.1) is 0 Å². The third-order valence-corrected chi connectivity index (χ3v) is 4.17. The van der Waals surface area contributed by atoms with Crippen LogP contribution in [0, 0.1) is 12.8 Å². The van der Waals surface area contributed by atoms with Gasteiger partial charge in [-0.3, -0.25) is 0 Å². The summed E-state index contributed by atoms with van der Waals surface area (Å²) < 4.78 is 0. The van der Waals surface area contributed by atoms with Crippen LogP contribution < -0.4 is 5.32 Å². The molecular formula is C16H21N3O. The van der Waals surface area contributed by atoms with Crippen molar-refractivity contribution in [3.63, 3.8) is 0 Å². The molecule has 4 nitrogen and oxygen atoms in total. The standard InChI is InChI=1S/C16H21N3O/c1-11-16(17-10-15(20)12-6-2-3-7-12)19-14-9-5-4-8-13(14)18-11/h4-5,8-9,12,15,20H,2-3,6-7,10H2,1H3,(H,17,19). The van der Waals surface area contributed by atoms with Crippen LogP contribution in [0.15, 0.2) is 24.3 Å². The highest BCUT2D eigenvalue weighted by molar-refractivity contribution is 5.76. The Hall–Kier alpha value is -1.68. The molecule has 2 N–H and O–H groups in total. The van der Waals surface area contributed by atoms with Gasteiger partial charge in [-0.2, -0.15) is 0 Å². The fourth-order valence-electron chi connectivity index (χ4n) is 2.97. The van der Waals surface area contributed by atoms with Gasteiger partial charge >= 0.3 is 0 Å². The van der Waals surface area contributed by atoms with Crippen LogP contribution >= 0.6 is 0 Å². The fraction of sp³-hybridized carbons (Fsp3) is 0.500. The molecule has 1 unspecified atom stereocenters. The van der Waals surface area contributed by atoms with E-state index in [1.54, 1.807) is 0 Å². The molecule has 1 atom stereocenters. The van der Waals surface area contributed by atoms with Crippen LogP contribution in [0.3, 0.4) is 0 Å². The average Bonchev–Trinajstić information content (AvgIpc) is 2.99. The molecule has 1 aliphatic rings. The van der Waals surface area contributed by atoms with Crippen LogP contribution in [0.1, 0.15) is 31.4 Å². The van der Waals surface area contributed by atoms with E-state index in [1.165, 1.54) is 12.8 Å². The first-order chi connectivity index (χ1) is 9.74. The van der Waals surface area contributed by atoms with Crippen molar-refractivity contribution in [1.82, 2.24) is 9.97 Å². The second kappa shape index (κ2) is 5.75. The monoisotopic (exact) mass is 271 g/mol. The molecule has 3 rings (SSSR count). The number of aromatic nitrogens is 2. The van der Waals surface area contributed by atoms with Crippen molar-refractivity contribution >= 4 is 16.9 Å². The van der Waals surface area contributed by atoms with Crippen LogP contribution in [0.2, 0.25) is 0 Å². The highest BCUT2D eigenvalue weighted by Gasteiger charge is 2.23. The van der Waals surface area contributed by atoms with Crippen molar-refractivity contribution in [2.24, 2.45) is 5.92 Å². The molecule has 2 aromatic rings. The first-order valence-corrected chi connectivity index (χ1v) is 7.39. The minimum absolute atomic E-state index is 0.287. The van der Waals surface area contributed by atoms with Crippen molar-refractivity contribution in [3.8, 4) is 0 Å². The zero-order chi connectivity index (χ0) is 13.9. The molecule has 0 spiro atoms. The number of anilines is 1. The smallest absolute Gasteiger partial charge is 0.148 e. The van der Waals surface area contributed by atoms with Gasteiger partial charge in [0.25, 0.3) is 0 Å². The third kappa shape index (κ3) is 2.75. The quantitative estimate of drug-likeness (QED) is 0.897. The van der Waals surface area contributed by atoms with Crippen LogP contribution in [0.5, 0.6) is 0 Å². The van der Waals surface area contributed by atoms with E-state index in [0.717, 1.165) is 35.4 Å². The molecule has 1 aromatic heterocycles. The van der Waals surface area contributed by atoms with E-state index in [9.17, 15) is 5.11 Å². The highest BCUT2D eigenvalue weighted by Crippen LogP contribution is 2.28. The molecule has 1 aromatic carbocycles. The first kappa shape index (κ1) is 13.3. The Morgan fingerprint density at radius 2 is 1.85 bits per heavy atom. The van der Waals surface area contributed by atoms with E-state index < -0.39 is 0 Å². The Morgan fingerprint density at radius 3 is 2.55 bits per heavy atom. The summed E-state index contributed by atoms with van der Waals surface area (Å²) >= 11 is 0. The van der Waals surface area contributed by atoms with Crippen LogP contribution in [0.25, 0.3) is 11.0 Å². The Morgan fingerprint density at radius 1 is 1.20 bits per heavy atom. The number of aryl methyl sites for hydroxylation is 1. The minimum Gasteiger partial charge on any atom is -0.391 e. The lowest BCUT2D eigenvalue weighted by Crippen LogP contribution is -2.27. The van der Waals surface area contributed by atoms with Gasteiger partial charge in [0.2, 0.25) is 0 Å². The van der Waals surface area contributed by atoms with Crippen LogP contribution in [-0.4, -0.2) is 27.7 Å². The van der Waals surface area contributed by atoms with E-state index in [1.807, 2.05) is 31.2 Å². The zero-order valence-corrected chi connectivity index (χ0v) is 11.8. The van der Waals surface area contributed by atoms with Crippen molar-refractivity contribution in [2.75, 3.05) is 11.9 Å². The van der Waals surface area contributed by atoms with E-state index in [-0.39, 0.29) is 6.10 Å². The molecule has 0 amide bonds. The maximum absolute atomic E-state index is 10.2. The van der Waals surface area contributed by atoms with Crippen LogP contribution in [0.4, 0.5) is 5.82 Å². The Bertz CT molecular complexity index is 593. The van der Waals surface area contributed by atoms with Gasteiger partial charge in [0, 0.05) is 6.54 Å². The molecule has 0 saturated heterocycles. The second-order valence-corrected chi connectivity index (χ2v) is 5.64. The lowest BCUT2D eigenvalue weighted by molar-refractivity contribution is 0.122. The van der Waals surface area contributed by atoms with E-state index in [2.05, 4.69) is 15.3 Å². The molecule has 0 radical (unpaired) electrons. The normalized spacial score (nSPS) is 17.5. The van der Waals surface area contributed by atoms with Crippen molar-refractivity contribution < 1.29 is 5.11 Å². The van der Waals surface area contributed by atoms with Gasteiger partial charge in [0.05, 0.1) is 22.8 Å². The van der Waals surface area contributed by atoms with Gasteiger partial charge in [-0.05, 0) is 37.8 Å². The van der Waals surface area contributed by atoms with Gasteiger partial charge < -0.3 is 10.4 Å². The zero-order valence-electron chi connectivity index (χ0n) is 11.8. The Balaban J connectivity index is 1.71. The van der Waals surface area contributed by atoms with Crippen molar-refractivity contribution in [1.29, 1.82) is 0 Å². The molecule has 1 aliphatic carbocycles. The lowest BCUT2D eigenvalue weighted by Gasteiger charge is -2.19. The summed E-state index contributed by atoms with van der Waals surface area (Å²) in [6.45, 7) is 2.50. The van der Waals surface area contributed by atoms with Gasteiger partial charge in [0.1, 0.15) is 5.82 Å². The molecule has 0 bridgehead atoms. The number of nitrogens with zero attached hydrogens (tertiary/aromatic N) is 2. The second-order valence-electron chi connectivity index (χ2n) is 5.64. The molecule has 1 fully saturated rings. The number of hydrogen-bond donors (Lipinski definition) is 2. The molecule has 4 heteroatoms. The molecule has 106 valence electrons. The number of nitrogens with one attached hydrogen (secondary N) is 1. The maximum Gasteiger partial charge on any atom is 0.148 e. The topological polar surface area (TPSA) is 58.0 Å². The number of para-hydroxylation sites is 2. The molecule has 0 aliphatic heterocycles. The predicted octanol–water partition coefficient (Wildman–Crippen LogP) is 2.90. The Kier molecular flexibility index (Phi) is 3.83. The summed E-state index contributed by atoms with van der Waals surface area (Å²) in [6.07, 6.45) is 4.49. The molecule has 1 heterocycles. The molecular weight excluding hydrogens is 250 g/mol. The maximum atomic E-state index is 10.2. The first-order valence-electron chi connectivity index (χ1n) is 7.39. The van der Waals surface area contributed by atoms with Crippen LogP contribution in [-0.2, 0) is 0 Å². The predicted molar refractivity (Wildman–Crippen MR) is 80.7 cm³/mol. The summed E-state index contributed by atoms with van der Waals surface area (Å²) in [4.78, 5) is 9.13. The van der Waals surface area contributed by atoms with Crippen molar-refractivity contribution in [3.05, 3.63) is 30.0 Å². The van der Waals surface area contributed by atoms with Gasteiger partial charge in [-0.1, -0.05) is 25.0 Å². The summed E-state index contributed by atoms with van der Waals surface area (Å²) in [5, 5.41) is 13.5. The van der Waals surface area contributed by atoms with Gasteiger partial charge in [0.15, 0.2) is 0 Å². The highest BCUT2D eigenvalue weighted by atomic mass is 16.3. The number of benzene rings is 1. The number of fused-ring (bicyclic) bond motifs is 1. The lowest BCUT2D eigenvalue weighted by atomic mass is 10.0. The summed E-state index contributed by atoms with van der Waals surface area (Å²) in [5.74, 6) is 1.22. The van der Waals surface area contributed by atoms with E-state index >= 15 is 0 Å². The van der Waals surface area contributed by atoms with Crippen molar-refractivity contribution in [2.45, 2.75) is 38.7 Å².